The fourth-order valence-corrected chi connectivity index (χ4v) is 3.59. The molecule has 1 aliphatic rings. The van der Waals surface area contributed by atoms with E-state index in [4.69, 9.17) is 5.21 Å². The number of carbonyl (C=O) groups excluding carboxylic acids is 1. The zero-order chi connectivity index (χ0) is 20.1. The molecule has 2 atom stereocenters. The van der Waals surface area contributed by atoms with Crippen LogP contribution in [0.15, 0.2) is 60.8 Å². The van der Waals surface area contributed by atoms with Gasteiger partial charge in [-0.25, -0.2) is 5.48 Å². The number of rotatable bonds is 9. The molecule has 1 fully saturated rings. The Morgan fingerprint density at radius 2 is 1.93 bits per heavy atom. The zero-order valence-corrected chi connectivity index (χ0v) is 16.2. The molecule has 29 heavy (non-hydrogen) atoms. The first kappa shape index (κ1) is 19.3. The molecule has 0 saturated heterocycles. The Kier molecular flexibility index (Phi) is 5.97. The van der Waals surface area contributed by atoms with Gasteiger partial charge < -0.3 is 5.32 Å². The molecule has 2 unspecified atom stereocenters. The lowest BCUT2D eigenvalue weighted by atomic mass is 10.1. The zero-order valence-electron chi connectivity index (χ0n) is 16.2. The number of hydroxylamine groups is 1. The minimum absolute atomic E-state index is 0.440. The third-order valence-electron chi connectivity index (χ3n) is 5.32. The molecular weight excluding hydrogens is 366 g/mol. The van der Waals surface area contributed by atoms with E-state index < -0.39 is 5.91 Å². The molecule has 1 aromatic heterocycles. The van der Waals surface area contributed by atoms with E-state index in [1.807, 2.05) is 23.0 Å². The summed E-state index contributed by atoms with van der Waals surface area (Å²) in [6.45, 7) is 1.53. The predicted octanol–water partition coefficient (Wildman–Crippen LogP) is 2.68. The molecule has 0 aliphatic heterocycles. The molecule has 1 saturated carbocycles. The molecular formula is C22H25N5O2. The maximum Gasteiger partial charge on any atom is 0.274 e. The molecule has 7 heteroatoms. The van der Waals surface area contributed by atoms with Crippen molar-refractivity contribution in [3.63, 3.8) is 0 Å². The molecule has 3 N–H and O–H groups in total. The number of hydrogen-bond acceptors (Lipinski definition) is 5. The fraction of sp³-hybridized carbons (Fsp3) is 0.318. The summed E-state index contributed by atoms with van der Waals surface area (Å²) in [5.41, 5.74) is 5.58. The number of hydrogen-bond donors (Lipinski definition) is 3. The molecule has 1 amide bonds. The first-order valence-electron chi connectivity index (χ1n) is 9.93. The Labute approximate surface area is 169 Å². The van der Waals surface area contributed by atoms with Gasteiger partial charge >= 0.3 is 0 Å². The van der Waals surface area contributed by atoms with Gasteiger partial charge in [-0.1, -0.05) is 47.7 Å². The van der Waals surface area contributed by atoms with Crippen LogP contribution < -0.4 is 10.8 Å². The number of amides is 1. The highest BCUT2D eigenvalue weighted by molar-refractivity contribution is 5.93. The second kappa shape index (κ2) is 8.98. The van der Waals surface area contributed by atoms with Crippen LogP contribution in [0.3, 0.4) is 0 Å². The second-order valence-corrected chi connectivity index (χ2v) is 7.45. The van der Waals surface area contributed by atoms with Crippen molar-refractivity contribution >= 4 is 5.91 Å². The van der Waals surface area contributed by atoms with E-state index >= 15 is 0 Å². The molecule has 0 radical (unpaired) electrons. The van der Waals surface area contributed by atoms with Crippen molar-refractivity contribution in [2.75, 3.05) is 0 Å². The fourth-order valence-electron chi connectivity index (χ4n) is 3.59. The maximum atomic E-state index is 11.3. The summed E-state index contributed by atoms with van der Waals surface area (Å²) in [6.07, 6.45) is 4.99. The van der Waals surface area contributed by atoms with Gasteiger partial charge in [0.15, 0.2) is 0 Å². The van der Waals surface area contributed by atoms with Crippen molar-refractivity contribution in [2.24, 2.45) is 0 Å². The van der Waals surface area contributed by atoms with Crippen LogP contribution in [0.5, 0.6) is 0 Å². The minimum Gasteiger partial charge on any atom is -0.308 e. The van der Waals surface area contributed by atoms with Crippen LogP contribution in [0.2, 0.25) is 0 Å². The van der Waals surface area contributed by atoms with Gasteiger partial charge in [0.2, 0.25) is 0 Å². The molecule has 3 aromatic rings. The van der Waals surface area contributed by atoms with E-state index in [9.17, 15) is 4.79 Å². The lowest BCUT2D eigenvalue weighted by Gasteiger charge is -2.04. The van der Waals surface area contributed by atoms with Crippen LogP contribution in [0.25, 0.3) is 0 Å². The quantitative estimate of drug-likeness (QED) is 0.385. The second-order valence-electron chi connectivity index (χ2n) is 7.45. The number of nitrogens with zero attached hydrogens (tertiary/aromatic N) is 3. The normalized spacial score (nSPS) is 17.8. The Morgan fingerprint density at radius 3 is 2.69 bits per heavy atom. The van der Waals surface area contributed by atoms with Gasteiger partial charge in [-0.15, -0.1) is 5.10 Å². The third-order valence-corrected chi connectivity index (χ3v) is 5.32. The van der Waals surface area contributed by atoms with Gasteiger partial charge in [-0.3, -0.25) is 14.7 Å². The summed E-state index contributed by atoms with van der Waals surface area (Å²) in [6, 6.07) is 18.4. The van der Waals surface area contributed by atoms with Crippen molar-refractivity contribution in [3.8, 4) is 0 Å². The summed E-state index contributed by atoms with van der Waals surface area (Å²) in [5.74, 6) is 0.114. The third kappa shape index (κ3) is 5.07. The summed E-state index contributed by atoms with van der Waals surface area (Å²) in [5, 5.41) is 20.7. The number of carbonyl (C=O) groups is 1. The smallest absolute Gasteiger partial charge is 0.274 e. The van der Waals surface area contributed by atoms with Crippen molar-refractivity contribution in [1.29, 1.82) is 0 Å². The monoisotopic (exact) mass is 391 g/mol. The average molecular weight is 391 g/mol. The Hall–Kier alpha value is -3.03. The highest BCUT2D eigenvalue weighted by Crippen LogP contribution is 2.40. The minimum atomic E-state index is -0.499. The molecule has 150 valence electrons. The highest BCUT2D eigenvalue weighted by atomic mass is 16.5. The van der Waals surface area contributed by atoms with Crippen LogP contribution in [-0.4, -0.2) is 32.2 Å². The molecule has 2 aromatic carbocycles. The molecule has 7 nitrogen and oxygen atoms in total. The van der Waals surface area contributed by atoms with E-state index in [0.29, 0.717) is 17.5 Å². The number of benzene rings is 2. The average Bonchev–Trinajstić information content (AvgIpc) is 3.42. The largest absolute Gasteiger partial charge is 0.308 e. The first-order chi connectivity index (χ1) is 14.2. The SMILES string of the molecule is O=C(NO)c1ccc(CCCn2cc(CNC3CC3c3ccccc3)nn2)cc1. The molecule has 4 rings (SSSR count). The lowest BCUT2D eigenvalue weighted by molar-refractivity contribution is 0.0706. The van der Waals surface area contributed by atoms with Gasteiger partial charge in [0.25, 0.3) is 5.91 Å². The topological polar surface area (TPSA) is 92.1 Å². The van der Waals surface area contributed by atoms with Crippen molar-refractivity contribution < 1.29 is 10.0 Å². The van der Waals surface area contributed by atoms with E-state index in [2.05, 4.69) is 46.0 Å². The molecule has 0 spiro atoms. The van der Waals surface area contributed by atoms with Crippen LogP contribution in [0.1, 0.15) is 45.9 Å². The Bertz CT molecular complexity index is 939. The van der Waals surface area contributed by atoms with E-state index in [1.54, 1.807) is 17.6 Å². The van der Waals surface area contributed by atoms with Gasteiger partial charge in [-0.2, -0.15) is 0 Å². The van der Waals surface area contributed by atoms with E-state index in [-0.39, 0.29) is 0 Å². The van der Waals surface area contributed by atoms with Crippen LogP contribution >= 0.6 is 0 Å². The molecule has 0 bridgehead atoms. The Morgan fingerprint density at radius 1 is 1.14 bits per heavy atom. The molecule has 1 heterocycles. The molecule has 1 aliphatic carbocycles. The maximum absolute atomic E-state index is 11.3. The summed E-state index contributed by atoms with van der Waals surface area (Å²) >= 11 is 0. The van der Waals surface area contributed by atoms with Gasteiger partial charge in [0, 0.05) is 36.8 Å². The summed E-state index contributed by atoms with van der Waals surface area (Å²) in [7, 11) is 0. The predicted molar refractivity (Wildman–Crippen MR) is 108 cm³/mol. The van der Waals surface area contributed by atoms with Crippen molar-refractivity contribution in [3.05, 3.63) is 83.2 Å². The number of aromatic nitrogens is 3. The van der Waals surface area contributed by atoms with Crippen LogP contribution in [-0.2, 0) is 19.5 Å². The van der Waals surface area contributed by atoms with E-state index in [0.717, 1.165) is 37.2 Å². The van der Waals surface area contributed by atoms with Crippen molar-refractivity contribution in [1.82, 2.24) is 25.8 Å². The van der Waals surface area contributed by atoms with E-state index in [1.165, 1.54) is 12.0 Å². The standard InChI is InChI=1S/C22H25N5O2/c28-22(25-29)18-10-8-16(9-11-18)5-4-12-27-15-19(24-26-27)14-23-21-13-20(21)17-6-2-1-3-7-17/h1-3,6-11,15,20-21,23,29H,4-5,12-14H2,(H,25,28). The highest BCUT2D eigenvalue weighted by Gasteiger charge is 2.37. The summed E-state index contributed by atoms with van der Waals surface area (Å²) in [4.78, 5) is 11.3. The number of nitrogens with one attached hydrogen (secondary N) is 2. The number of aryl methyl sites for hydroxylation is 2. The van der Waals surface area contributed by atoms with Crippen LogP contribution in [0, 0.1) is 0 Å². The lowest BCUT2D eigenvalue weighted by Crippen LogP contribution is -2.18. The van der Waals surface area contributed by atoms with Gasteiger partial charge in [-0.05, 0) is 42.5 Å². The van der Waals surface area contributed by atoms with Gasteiger partial charge in [0.1, 0.15) is 0 Å². The Balaban J connectivity index is 1.18. The van der Waals surface area contributed by atoms with Crippen LogP contribution in [0.4, 0.5) is 0 Å². The first-order valence-corrected chi connectivity index (χ1v) is 9.93. The van der Waals surface area contributed by atoms with Crippen molar-refractivity contribution in [2.45, 2.75) is 44.3 Å². The summed E-state index contributed by atoms with van der Waals surface area (Å²) < 4.78 is 1.88. The van der Waals surface area contributed by atoms with Gasteiger partial charge in [0.05, 0.1) is 5.69 Å².